The molecule has 0 spiro atoms. The van der Waals surface area contributed by atoms with Gasteiger partial charge < -0.3 is 10.6 Å². The molecular formula is C18H20N4O2. The number of carbonyl (C=O) groups excluding carboxylic acids is 2. The summed E-state index contributed by atoms with van der Waals surface area (Å²) in [5.41, 5.74) is 1.44. The van der Waals surface area contributed by atoms with Gasteiger partial charge in [-0.25, -0.2) is 0 Å². The molecule has 3 rings (SSSR count). The van der Waals surface area contributed by atoms with E-state index in [1.54, 1.807) is 0 Å². The van der Waals surface area contributed by atoms with Crippen LogP contribution in [0.3, 0.4) is 0 Å². The Bertz CT molecular complexity index is 714. The quantitative estimate of drug-likeness (QED) is 0.756. The van der Waals surface area contributed by atoms with Crippen LogP contribution in [0.2, 0.25) is 0 Å². The number of nitrogens with zero attached hydrogens (tertiary/aromatic N) is 2. The van der Waals surface area contributed by atoms with Crippen LogP contribution >= 0.6 is 0 Å². The van der Waals surface area contributed by atoms with Gasteiger partial charge in [0.15, 0.2) is 5.66 Å². The van der Waals surface area contributed by atoms with Gasteiger partial charge in [0.25, 0.3) is 0 Å². The molecule has 124 valence electrons. The zero-order valence-corrected chi connectivity index (χ0v) is 13.4. The van der Waals surface area contributed by atoms with E-state index < -0.39 is 0 Å². The number of terminal acetylenes is 1. The molecular weight excluding hydrogens is 304 g/mol. The Balaban J connectivity index is 1.49. The number of carbonyl (C=O) groups is 2. The van der Waals surface area contributed by atoms with Crippen molar-refractivity contribution < 1.29 is 9.59 Å². The fourth-order valence-corrected chi connectivity index (χ4v) is 3.05. The van der Waals surface area contributed by atoms with Crippen molar-refractivity contribution >= 4 is 17.5 Å². The number of hydrogen-bond acceptors (Lipinski definition) is 4. The second-order valence-corrected chi connectivity index (χ2v) is 6.23. The molecule has 2 N–H and O–H groups in total. The Morgan fingerprint density at radius 1 is 1.38 bits per heavy atom. The molecule has 1 atom stereocenters. The van der Waals surface area contributed by atoms with Crippen LogP contribution < -0.4 is 10.6 Å². The summed E-state index contributed by atoms with van der Waals surface area (Å²) in [6, 6.07) is 7.62. The molecule has 1 aromatic rings. The van der Waals surface area contributed by atoms with Gasteiger partial charge in [0.05, 0.1) is 0 Å². The maximum absolute atomic E-state index is 12.2. The minimum Gasteiger partial charge on any atom is -0.356 e. The molecule has 1 unspecified atom stereocenters. The number of amides is 2. The molecule has 0 radical (unpaired) electrons. The Hall–Kier alpha value is -2.68. The van der Waals surface area contributed by atoms with Gasteiger partial charge in [-0.05, 0) is 11.6 Å². The normalized spacial score (nSPS) is 19.8. The maximum atomic E-state index is 12.2. The number of rotatable bonds is 7. The van der Waals surface area contributed by atoms with Gasteiger partial charge >= 0.3 is 0 Å². The Labute approximate surface area is 141 Å². The number of nitrogens with one attached hydrogen (secondary N) is 2. The zero-order chi connectivity index (χ0) is 17.0. The highest BCUT2D eigenvalue weighted by atomic mass is 16.2. The van der Waals surface area contributed by atoms with Gasteiger partial charge in [-0.3, -0.25) is 9.59 Å². The lowest BCUT2D eigenvalue weighted by atomic mass is 9.88. The molecule has 24 heavy (non-hydrogen) atoms. The standard InChI is InChI=1S/C18H20N4O2/c1-2-3-8-18(21-22-18)9-10-19-16(23)11-13-12-17(24)20-15-7-5-4-6-14(13)15/h1,4-7,13H,3,8-12H2,(H,19,23)(H,20,24). The van der Waals surface area contributed by atoms with Crippen molar-refractivity contribution in [2.45, 2.75) is 43.7 Å². The van der Waals surface area contributed by atoms with Crippen molar-refractivity contribution in [2.75, 3.05) is 11.9 Å². The maximum Gasteiger partial charge on any atom is 0.225 e. The first kappa shape index (κ1) is 16.2. The van der Waals surface area contributed by atoms with E-state index in [4.69, 9.17) is 6.42 Å². The average molecular weight is 324 g/mol. The molecule has 0 bridgehead atoms. The number of anilines is 1. The van der Waals surface area contributed by atoms with E-state index in [0.29, 0.717) is 32.2 Å². The van der Waals surface area contributed by atoms with Crippen LogP contribution in [0.4, 0.5) is 5.69 Å². The summed E-state index contributed by atoms with van der Waals surface area (Å²) in [6.45, 7) is 0.511. The summed E-state index contributed by atoms with van der Waals surface area (Å²) in [7, 11) is 0. The first-order valence-corrected chi connectivity index (χ1v) is 8.15. The van der Waals surface area contributed by atoms with Crippen molar-refractivity contribution in [3.8, 4) is 12.3 Å². The summed E-state index contributed by atoms with van der Waals surface area (Å²) >= 11 is 0. The van der Waals surface area contributed by atoms with Crippen LogP contribution in [0, 0.1) is 12.3 Å². The third kappa shape index (κ3) is 3.80. The molecule has 2 aliphatic heterocycles. The summed E-state index contributed by atoms with van der Waals surface area (Å²) in [6.07, 6.45) is 7.93. The third-order valence-electron chi connectivity index (χ3n) is 4.44. The summed E-state index contributed by atoms with van der Waals surface area (Å²) in [5.74, 6) is 2.40. The van der Waals surface area contributed by atoms with E-state index in [0.717, 1.165) is 17.7 Å². The van der Waals surface area contributed by atoms with Gasteiger partial charge in [0, 0.05) is 50.3 Å². The van der Waals surface area contributed by atoms with Crippen molar-refractivity contribution in [3.05, 3.63) is 29.8 Å². The molecule has 0 saturated heterocycles. The molecule has 2 amide bonds. The van der Waals surface area contributed by atoms with Gasteiger partial charge in [0.2, 0.25) is 11.8 Å². The zero-order valence-electron chi connectivity index (χ0n) is 13.4. The monoisotopic (exact) mass is 324 g/mol. The molecule has 0 aromatic heterocycles. The summed E-state index contributed by atoms with van der Waals surface area (Å²) in [5, 5.41) is 13.8. The van der Waals surface area contributed by atoms with Crippen LogP contribution in [-0.2, 0) is 9.59 Å². The fraction of sp³-hybridized carbons (Fsp3) is 0.444. The highest BCUT2D eigenvalue weighted by Crippen LogP contribution is 2.36. The van der Waals surface area contributed by atoms with Crippen LogP contribution in [0.25, 0.3) is 0 Å². The lowest BCUT2D eigenvalue weighted by molar-refractivity contribution is -0.122. The van der Waals surface area contributed by atoms with Crippen molar-refractivity contribution in [1.82, 2.24) is 5.32 Å². The highest BCUT2D eigenvalue weighted by molar-refractivity contribution is 5.95. The van der Waals surface area contributed by atoms with Gasteiger partial charge in [-0.15, -0.1) is 12.3 Å². The highest BCUT2D eigenvalue weighted by Gasteiger charge is 2.38. The van der Waals surface area contributed by atoms with E-state index in [1.165, 1.54) is 0 Å². The Morgan fingerprint density at radius 3 is 2.92 bits per heavy atom. The van der Waals surface area contributed by atoms with Crippen LogP contribution in [-0.4, -0.2) is 24.0 Å². The van der Waals surface area contributed by atoms with Crippen LogP contribution in [0.5, 0.6) is 0 Å². The smallest absolute Gasteiger partial charge is 0.225 e. The predicted octanol–water partition coefficient (Wildman–Crippen LogP) is 2.58. The summed E-state index contributed by atoms with van der Waals surface area (Å²) in [4.78, 5) is 24.0. The fourth-order valence-electron chi connectivity index (χ4n) is 3.05. The van der Waals surface area contributed by atoms with Crippen molar-refractivity contribution in [3.63, 3.8) is 0 Å². The van der Waals surface area contributed by atoms with Crippen LogP contribution in [0.1, 0.15) is 43.6 Å². The molecule has 0 aliphatic carbocycles. The number of fused-ring (bicyclic) bond motifs is 1. The lowest BCUT2D eigenvalue weighted by Gasteiger charge is -2.25. The van der Waals surface area contributed by atoms with E-state index in [-0.39, 0.29) is 23.4 Å². The lowest BCUT2D eigenvalue weighted by Crippen LogP contribution is -2.31. The number of hydrogen-bond donors (Lipinski definition) is 2. The molecule has 0 saturated carbocycles. The van der Waals surface area contributed by atoms with Gasteiger partial charge in [-0.1, -0.05) is 18.2 Å². The summed E-state index contributed by atoms with van der Waals surface area (Å²) < 4.78 is 0. The second-order valence-electron chi connectivity index (χ2n) is 6.23. The Kier molecular flexibility index (Phi) is 4.61. The molecule has 6 nitrogen and oxygen atoms in total. The molecule has 1 aromatic carbocycles. The SMILES string of the molecule is C#CCCC1(CCNC(=O)CC2CC(=O)Nc3ccccc32)N=N1. The first-order valence-electron chi connectivity index (χ1n) is 8.15. The van der Waals surface area contributed by atoms with Crippen LogP contribution in [0.15, 0.2) is 34.5 Å². The minimum atomic E-state index is -0.378. The number of para-hydroxylation sites is 1. The third-order valence-corrected chi connectivity index (χ3v) is 4.44. The molecule has 2 aliphatic rings. The number of benzene rings is 1. The molecule has 2 heterocycles. The first-order chi connectivity index (χ1) is 11.6. The molecule has 0 fully saturated rings. The van der Waals surface area contributed by atoms with Gasteiger partial charge in [0.1, 0.15) is 0 Å². The van der Waals surface area contributed by atoms with Crippen molar-refractivity contribution in [1.29, 1.82) is 0 Å². The van der Waals surface area contributed by atoms with E-state index in [2.05, 4.69) is 26.8 Å². The minimum absolute atomic E-state index is 0.0460. The predicted molar refractivity (Wildman–Crippen MR) is 90.3 cm³/mol. The van der Waals surface area contributed by atoms with Crippen molar-refractivity contribution in [2.24, 2.45) is 10.2 Å². The average Bonchev–Trinajstić information content (AvgIpc) is 3.33. The Morgan fingerprint density at radius 2 is 2.17 bits per heavy atom. The van der Waals surface area contributed by atoms with E-state index in [9.17, 15) is 9.59 Å². The topological polar surface area (TPSA) is 82.9 Å². The second kappa shape index (κ2) is 6.83. The van der Waals surface area contributed by atoms with Gasteiger partial charge in [-0.2, -0.15) is 10.2 Å². The van der Waals surface area contributed by atoms with E-state index >= 15 is 0 Å². The largest absolute Gasteiger partial charge is 0.356 e. The molecule has 6 heteroatoms. The van der Waals surface area contributed by atoms with E-state index in [1.807, 2.05) is 24.3 Å².